The van der Waals surface area contributed by atoms with Crippen LogP contribution in [0.15, 0.2) is 47.4 Å². The van der Waals surface area contributed by atoms with E-state index in [-0.39, 0.29) is 33.9 Å². The summed E-state index contributed by atoms with van der Waals surface area (Å²) in [6.45, 7) is 4.55. The number of benzene rings is 2. The van der Waals surface area contributed by atoms with Gasteiger partial charge in [0.15, 0.2) is 0 Å². The molecule has 0 bridgehead atoms. The van der Waals surface area contributed by atoms with Crippen LogP contribution in [0.2, 0.25) is 0 Å². The van der Waals surface area contributed by atoms with E-state index in [0.717, 1.165) is 6.07 Å². The largest absolute Gasteiger partial charge is 0.466 e. The molecule has 0 spiro atoms. The van der Waals surface area contributed by atoms with Gasteiger partial charge in [-0.3, -0.25) is 14.3 Å². The smallest absolute Gasteiger partial charge is 0.309 e. The van der Waals surface area contributed by atoms with Crippen LogP contribution in [0, 0.1) is 18.7 Å². The van der Waals surface area contributed by atoms with E-state index in [1.165, 1.54) is 30.3 Å². The van der Waals surface area contributed by atoms with Crippen molar-refractivity contribution >= 4 is 27.6 Å². The molecule has 0 radical (unpaired) electrons. The number of sulfonamides is 1. The number of hydrogen-bond acceptors (Lipinski definition) is 5. The summed E-state index contributed by atoms with van der Waals surface area (Å²) in [6, 6.07) is 9.68. The second kappa shape index (κ2) is 9.47. The van der Waals surface area contributed by atoms with Crippen LogP contribution in [0.4, 0.5) is 10.1 Å². The zero-order valence-electron chi connectivity index (χ0n) is 17.4. The molecule has 1 fully saturated rings. The number of piperidine rings is 1. The van der Waals surface area contributed by atoms with Crippen molar-refractivity contribution in [2.75, 3.05) is 24.4 Å². The van der Waals surface area contributed by atoms with Gasteiger partial charge in [-0.1, -0.05) is 18.2 Å². The van der Waals surface area contributed by atoms with Gasteiger partial charge in [-0.05, 0) is 56.5 Å². The van der Waals surface area contributed by atoms with Gasteiger partial charge in [-0.25, -0.2) is 12.8 Å². The minimum Gasteiger partial charge on any atom is -0.466 e. The highest BCUT2D eigenvalue weighted by Gasteiger charge is 2.29. The Morgan fingerprint density at radius 2 is 1.84 bits per heavy atom. The number of aryl methyl sites for hydroxylation is 1. The highest BCUT2D eigenvalue weighted by atomic mass is 32.2. The average molecular weight is 449 g/mol. The number of rotatable bonds is 6. The van der Waals surface area contributed by atoms with Crippen molar-refractivity contribution in [3.63, 3.8) is 0 Å². The number of halogens is 1. The van der Waals surface area contributed by atoms with Crippen molar-refractivity contribution in [1.29, 1.82) is 0 Å². The molecule has 1 saturated heterocycles. The molecule has 2 aromatic rings. The van der Waals surface area contributed by atoms with Gasteiger partial charge >= 0.3 is 5.97 Å². The van der Waals surface area contributed by atoms with Crippen molar-refractivity contribution in [3.8, 4) is 0 Å². The summed E-state index contributed by atoms with van der Waals surface area (Å²) >= 11 is 0. The highest BCUT2D eigenvalue weighted by Crippen LogP contribution is 2.24. The molecule has 1 aliphatic heterocycles. The first kappa shape index (κ1) is 22.7. The Kier molecular flexibility index (Phi) is 6.94. The Morgan fingerprint density at radius 3 is 2.48 bits per heavy atom. The third-order valence-corrected chi connectivity index (χ3v) is 6.63. The predicted octanol–water partition coefficient (Wildman–Crippen LogP) is 3.35. The molecule has 166 valence electrons. The second-order valence-corrected chi connectivity index (χ2v) is 9.06. The first-order valence-electron chi connectivity index (χ1n) is 10.1. The third kappa shape index (κ3) is 5.22. The van der Waals surface area contributed by atoms with Gasteiger partial charge in [-0.2, -0.15) is 0 Å². The number of likely N-dealkylation sites (tertiary alicyclic amines) is 1. The van der Waals surface area contributed by atoms with Gasteiger partial charge in [0.1, 0.15) is 5.82 Å². The van der Waals surface area contributed by atoms with Crippen molar-refractivity contribution in [2.45, 2.75) is 31.6 Å². The van der Waals surface area contributed by atoms with Crippen LogP contribution in [0.1, 0.15) is 35.7 Å². The van der Waals surface area contributed by atoms with Gasteiger partial charge in [0.25, 0.3) is 15.9 Å². The number of nitrogens with one attached hydrogen (secondary N) is 1. The quantitative estimate of drug-likeness (QED) is 0.684. The van der Waals surface area contributed by atoms with E-state index in [0.29, 0.717) is 38.1 Å². The fourth-order valence-electron chi connectivity index (χ4n) is 3.50. The number of amides is 1. The minimum absolute atomic E-state index is 0.133. The van der Waals surface area contributed by atoms with Gasteiger partial charge in [0.05, 0.1) is 23.1 Å². The number of anilines is 1. The number of nitrogens with zero attached hydrogens (tertiary/aromatic N) is 1. The maximum absolute atomic E-state index is 13.9. The fraction of sp³-hybridized carbons (Fsp3) is 0.364. The number of esters is 1. The number of carbonyl (C=O) groups excluding carboxylic acids is 2. The second-order valence-electron chi connectivity index (χ2n) is 7.38. The molecule has 0 aromatic heterocycles. The van der Waals surface area contributed by atoms with Gasteiger partial charge < -0.3 is 9.64 Å². The molecule has 0 saturated carbocycles. The Morgan fingerprint density at radius 1 is 1.16 bits per heavy atom. The summed E-state index contributed by atoms with van der Waals surface area (Å²) in [4.78, 5) is 26.4. The molecule has 7 nitrogen and oxygen atoms in total. The van der Waals surface area contributed by atoms with Crippen molar-refractivity contribution < 1.29 is 27.1 Å². The number of carbonyl (C=O) groups is 2. The maximum atomic E-state index is 13.9. The first-order chi connectivity index (χ1) is 14.7. The fourth-order valence-corrected chi connectivity index (χ4v) is 4.59. The standard InChI is InChI=1S/C22H25FN2O5S/c1-3-30-22(27)16-10-12-25(13-11-16)21(26)18-14-17(9-8-15(18)2)31(28,29)24-20-7-5-4-6-19(20)23/h4-9,14,16,24H,3,10-13H2,1-2H3. The predicted molar refractivity (Wildman–Crippen MR) is 114 cm³/mol. The molecule has 9 heteroatoms. The molecule has 1 amide bonds. The van der Waals surface area contributed by atoms with Crippen LogP contribution in [0.25, 0.3) is 0 Å². The van der Waals surface area contributed by atoms with Crippen molar-refractivity contribution in [3.05, 3.63) is 59.4 Å². The van der Waals surface area contributed by atoms with Gasteiger partial charge in [0.2, 0.25) is 0 Å². The highest BCUT2D eigenvalue weighted by molar-refractivity contribution is 7.92. The summed E-state index contributed by atoms with van der Waals surface area (Å²) in [5.74, 6) is -1.48. The normalized spacial score (nSPS) is 14.9. The van der Waals surface area contributed by atoms with Crippen LogP contribution < -0.4 is 4.72 Å². The molecule has 1 N–H and O–H groups in total. The molecule has 31 heavy (non-hydrogen) atoms. The van der Waals surface area contributed by atoms with E-state index in [1.54, 1.807) is 24.8 Å². The average Bonchev–Trinajstić information content (AvgIpc) is 2.75. The molecule has 0 atom stereocenters. The lowest BCUT2D eigenvalue weighted by Gasteiger charge is -2.31. The number of para-hydroxylation sites is 1. The Hall–Kier alpha value is -2.94. The van der Waals surface area contributed by atoms with Crippen LogP contribution in [0.5, 0.6) is 0 Å². The number of ether oxygens (including phenoxy) is 1. The van der Waals surface area contributed by atoms with E-state index in [2.05, 4.69) is 4.72 Å². The van der Waals surface area contributed by atoms with E-state index < -0.39 is 15.8 Å². The molecule has 2 aromatic carbocycles. The van der Waals surface area contributed by atoms with Crippen LogP contribution in [-0.2, 0) is 19.6 Å². The van der Waals surface area contributed by atoms with Crippen LogP contribution >= 0.6 is 0 Å². The van der Waals surface area contributed by atoms with Crippen molar-refractivity contribution in [2.24, 2.45) is 5.92 Å². The molecule has 0 unspecified atom stereocenters. The Labute approximate surface area is 181 Å². The summed E-state index contributed by atoms with van der Waals surface area (Å²) < 4.78 is 46.6. The minimum atomic E-state index is -4.09. The third-order valence-electron chi connectivity index (χ3n) is 5.27. The topological polar surface area (TPSA) is 92.8 Å². The van der Waals surface area contributed by atoms with Crippen molar-refractivity contribution in [1.82, 2.24) is 4.90 Å². The van der Waals surface area contributed by atoms with E-state index in [9.17, 15) is 22.4 Å². The SMILES string of the molecule is CCOC(=O)C1CCN(C(=O)c2cc(S(=O)(=O)Nc3ccccc3F)ccc2C)CC1. The van der Waals surface area contributed by atoms with Crippen LogP contribution in [0.3, 0.4) is 0 Å². The monoisotopic (exact) mass is 448 g/mol. The molecule has 0 aliphatic carbocycles. The van der Waals surface area contributed by atoms with E-state index in [1.807, 2.05) is 0 Å². The molecule has 1 aliphatic rings. The summed E-state index contributed by atoms with van der Waals surface area (Å²) in [6.07, 6.45) is 0.993. The van der Waals surface area contributed by atoms with Gasteiger partial charge in [-0.15, -0.1) is 0 Å². The van der Waals surface area contributed by atoms with E-state index in [4.69, 9.17) is 4.74 Å². The number of hydrogen-bond donors (Lipinski definition) is 1. The molecule has 1 heterocycles. The van der Waals surface area contributed by atoms with Crippen LogP contribution in [-0.4, -0.2) is 44.9 Å². The first-order valence-corrected chi connectivity index (χ1v) is 11.5. The molecular formula is C22H25FN2O5S. The zero-order chi connectivity index (χ0) is 22.6. The maximum Gasteiger partial charge on any atom is 0.309 e. The van der Waals surface area contributed by atoms with E-state index >= 15 is 0 Å². The Balaban J connectivity index is 1.77. The lowest BCUT2D eigenvalue weighted by molar-refractivity contribution is -0.149. The lowest BCUT2D eigenvalue weighted by Crippen LogP contribution is -2.41. The lowest BCUT2D eigenvalue weighted by atomic mass is 9.96. The Bertz CT molecular complexity index is 1080. The summed E-state index contributed by atoms with van der Waals surface area (Å²) in [7, 11) is -4.09. The zero-order valence-corrected chi connectivity index (χ0v) is 18.2. The summed E-state index contributed by atoms with van der Waals surface area (Å²) in [5.41, 5.74) is 0.713. The molecular weight excluding hydrogens is 423 g/mol. The molecule has 3 rings (SSSR count). The summed E-state index contributed by atoms with van der Waals surface area (Å²) in [5, 5.41) is 0. The van der Waals surface area contributed by atoms with Gasteiger partial charge in [0, 0.05) is 18.7 Å².